The van der Waals surface area contributed by atoms with E-state index in [1.807, 2.05) is 112 Å². The first-order valence-electron chi connectivity index (χ1n) is 13.1. The van der Waals surface area contributed by atoms with Crippen molar-refractivity contribution in [1.29, 1.82) is 0 Å². The number of alkyl carbamates (subject to hydrolysis) is 1. The van der Waals surface area contributed by atoms with Crippen LogP contribution in [0.4, 0.5) is 4.79 Å². The van der Waals surface area contributed by atoms with Crippen LogP contribution in [0.15, 0.2) is 91.0 Å². The molecule has 1 amide bonds. The maximum absolute atomic E-state index is 15.8. The second kappa shape index (κ2) is 11.2. The summed E-state index contributed by atoms with van der Waals surface area (Å²) in [5.41, 5.74) is -1.98. The molecule has 0 unspecified atom stereocenters. The third kappa shape index (κ3) is 6.17. The Morgan fingerprint density at radius 1 is 0.838 bits per heavy atom. The highest BCUT2D eigenvalue weighted by atomic mass is 31.2. The summed E-state index contributed by atoms with van der Waals surface area (Å²) in [4.78, 5) is 13.2. The van der Waals surface area contributed by atoms with E-state index in [1.165, 1.54) is 0 Å². The van der Waals surface area contributed by atoms with Crippen molar-refractivity contribution >= 4 is 23.8 Å². The number of amides is 1. The zero-order chi connectivity index (χ0) is 26.5. The topological polar surface area (TPSA) is 75.6 Å². The fraction of sp³-hybridized carbons (Fsp3) is 0.387. The van der Waals surface area contributed by atoms with Crippen LogP contribution >= 0.6 is 7.14 Å². The molecule has 0 heterocycles. The Labute approximate surface area is 220 Å². The van der Waals surface area contributed by atoms with Gasteiger partial charge in [0.25, 0.3) is 0 Å². The maximum atomic E-state index is 15.8. The van der Waals surface area contributed by atoms with Crippen LogP contribution in [0.1, 0.15) is 64.5 Å². The molecule has 3 aromatic carbocycles. The minimum atomic E-state index is -3.52. The molecule has 4 rings (SSSR count). The van der Waals surface area contributed by atoms with E-state index in [2.05, 4.69) is 5.32 Å². The van der Waals surface area contributed by atoms with Gasteiger partial charge in [-0.15, -0.1) is 0 Å². The molecule has 1 aliphatic carbocycles. The molecule has 0 spiro atoms. The largest absolute Gasteiger partial charge is 0.444 e. The predicted molar refractivity (Wildman–Crippen MR) is 150 cm³/mol. The van der Waals surface area contributed by atoms with Crippen LogP contribution in [-0.4, -0.2) is 28.1 Å². The van der Waals surface area contributed by atoms with Gasteiger partial charge in [-0.1, -0.05) is 110 Å². The molecule has 0 aromatic heterocycles. The van der Waals surface area contributed by atoms with Gasteiger partial charge in [0.15, 0.2) is 7.14 Å². The normalized spacial score (nSPS) is 17.4. The molecule has 2 atom stereocenters. The number of carbonyl (C=O) groups is 1. The van der Waals surface area contributed by atoms with Crippen LogP contribution < -0.4 is 15.9 Å². The lowest BCUT2D eigenvalue weighted by atomic mass is 9.78. The summed E-state index contributed by atoms with van der Waals surface area (Å²) in [6, 6.07) is 27.6. The van der Waals surface area contributed by atoms with E-state index in [0.29, 0.717) is 23.5 Å². The van der Waals surface area contributed by atoms with Crippen LogP contribution in [0.2, 0.25) is 0 Å². The quantitative estimate of drug-likeness (QED) is 0.358. The van der Waals surface area contributed by atoms with E-state index in [-0.39, 0.29) is 0 Å². The summed E-state index contributed by atoms with van der Waals surface area (Å²) in [6.07, 6.45) is 3.13. The molecule has 2 N–H and O–H groups in total. The average Bonchev–Trinajstić information content (AvgIpc) is 2.89. The lowest BCUT2D eigenvalue weighted by Crippen LogP contribution is -2.54. The van der Waals surface area contributed by atoms with Gasteiger partial charge in [0.05, 0.1) is 17.3 Å². The number of carbonyl (C=O) groups excluding carboxylic acids is 1. The number of nitrogens with one attached hydrogen (secondary N) is 1. The summed E-state index contributed by atoms with van der Waals surface area (Å²) < 4.78 is 21.4. The third-order valence-electron chi connectivity index (χ3n) is 7.09. The Hall–Kier alpha value is -2.88. The van der Waals surface area contributed by atoms with Crippen LogP contribution in [0.5, 0.6) is 0 Å². The SMILES string of the molecule is CC(C)(C)OC(=O)N[C@@H](c1ccccc1)[C@H](C1(O)CCCCC1)P(=O)(c1ccccc1)c1ccccc1. The molecule has 0 aliphatic heterocycles. The second-order valence-electron chi connectivity index (χ2n) is 11.0. The molecule has 0 bridgehead atoms. The Balaban J connectivity index is 1.97. The van der Waals surface area contributed by atoms with Gasteiger partial charge in [-0.2, -0.15) is 0 Å². The van der Waals surface area contributed by atoms with Crippen molar-refractivity contribution < 1.29 is 19.2 Å². The summed E-state index contributed by atoms with van der Waals surface area (Å²) in [6.45, 7) is 5.44. The van der Waals surface area contributed by atoms with E-state index in [9.17, 15) is 9.90 Å². The molecule has 1 saturated carbocycles. The molecule has 5 nitrogen and oxygen atoms in total. The smallest absolute Gasteiger partial charge is 0.408 e. The Bertz CT molecular complexity index is 1160. The molecular formula is C31H38NO4P. The summed E-state index contributed by atoms with van der Waals surface area (Å²) in [7, 11) is -3.52. The van der Waals surface area contributed by atoms with Crippen LogP contribution in [0.25, 0.3) is 0 Å². The number of hydrogen-bond acceptors (Lipinski definition) is 4. The molecule has 0 radical (unpaired) electrons. The van der Waals surface area contributed by atoms with Crippen molar-refractivity contribution in [3.05, 3.63) is 96.6 Å². The summed E-state index contributed by atoms with van der Waals surface area (Å²) in [5, 5.41) is 16.8. The summed E-state index contributed by atoms with van der Waals surface area (Å²) >= 11 is 0. The maximum Gasteiger partial charge on any atom is 0.408 e. The fourth-order valence-corrected chi connectivity index (χ4v) is 9.30. The first-order valence-corrected chi connectivity index (χ1v) is 14.9. The molecular weight excluding hydrogens is 481 g/mol. The molecule has 3 aromatic rings. The highest BCUT2D eigenvalue weighted by molar-refractivity contribution is 7.79. The molecule has 1 aliphatic rings. The number of ether oxygens (including phenoxy) is 1. The zero-order valence-corrected chi connectivity index (χ0v) is 22.9. The van der Waals surface area contributed by atoms with Gasteiger partial charge in [-0.25, -0.2) is 4.79 Å². The van der Waals surface area contributed by atoms with Gasteiger partial charge in [0.1, 0.15) is 5.60 Å². The highest BCUT2D eigenvalue weighted by Gasteiger charge is 2.54. The number of rotatable bonds is 7. The van der Waals surface area contributed by atoms with Crippen LogP contribution in [0, 0.1) is 0 Å². The zero-order valence-electron chi connectivity index (χ0n) is 22.0. The number of hydrogen-bond donors (Lipinski definition) is 2. The lowest BCUT2D eigenvalue weighted by molar-refractivity contribution is -0.0104. The lowest BCUT2D eigenvalue weighted by Gasteiger charge is -2.47. The van der Waals surface area contributed by atoms with Crippen molar-refractivity contribution in [2.45, 2.75) is 75.8 Å². The van der Waals surface area contributed by atoms with Crippen molar-refractivity contribution in [3.63, 3.8) is 0 Å². The highest BCUT2D eigenvalue weighted by Crippen LogP contribution is 2.59. The van der Waals surface area contributed by atoms with Gasteiger partial charge in [-0.3, -0.25) is 0 Å². The first-order chi connectivity index (χ1) is 17.6. The molecule has 196 valence electrons. The van der Waals surface area contributed by atoms with Gasteiger partial charge in [0.2, 0.25) is 0 Å². The second-order valence-corrected chi connectivity index (χ2v) is 13.9. The van der Waals surface area contributed by atoms with E-state index in [1.54, 1.807) is 0 Å². The monoisotopic (exact) mass is 519 g/mol. The molecule has 1 fully saturated rings. The van der Waals surface area contributed by atoms with Crippen molar-refractivity contribution in [2.75, 3.05) is 0 Å². The Kier molecular flexibility index (Phi) is 8.26. The van der Waals surface area contributed by atoms with Gasteiger partial charge in [0, 0.05) is 10.6 Å². The van der Waals surface area contributed by atoms with E-state index < -0.39 is 36.1 Å². The first kappa shape index (κ1) is 27.2. The Morgan fingerprint density at radius 3 is 1.76 bits per heavy atom. The Morgan fingerprint density at radius 2 is 1.30 bits per heavy atom. The summed E-state index contributed by atoms with van der Waals surface area (Å²) in [5.74, 6) is 0. The van der Waals surface area contributed by atoms with E-state index in [0.717, 1.165) is 24.8 Å². The third-order valence-corrected chi connectivity index (χ3v) is 10.8. The molecule has 37 heavy (non-hydrogen) atoms. The van der Waals surface area contributed by atoms with E-state index in [4.69, 9.17) is 4.74 Å². The number of aliphatic hydroxyl groups is 1. The van der Waals surface area contributed by atoms with Crippen molar-refractivity contribution in [1.82, 2.24) is 5.32 Å². The standard InChI is InChI=1S/C31H38NO4P/c1-30(2,3)36-29(33)32-27(24-16-8-4-9-17-24)28(31(34)22-14-7-15-23-31)37(35,25-18-10-5-11-19-25)26-20-12-6-13-21-26/h4-6,8-13,16-21,27-28,34H,7,14-15,22-23H2,1-3H3,(H,32,33)/t27-,28+/m0/s1. The van der Waals surface area contributed by atoms with Gasteiger partial charge in [-0.05, 0) is 39.2 Å². The van der Waals surface area contributed by atoms with Crippen molar-refractivity contribution in [2.24, 2.45) is 0 Å². The van der Waals surface area contributed by atoms with Crippen molar-refractivity contribution in [3.8, 4) is 0 Å². The molecule has 0 saturated heterocycles. The van der Waals surface area contributed by atoms with Crippen LogP contribution in [0.3, 0.4) is 0 Å². The minimum absolute atomic E-state index is 0.515. The van der Waals surface area contributed by atoms with Gasteiger partial charge < -0.3 is 19.7 Å². The van der Waals surface area contributed by atoms with Crippen LogP contribution in [-0.2, 0) is 9.30 Å². The van der Waals surface area contributed by atoms with E-state index >= 15 is 4.57 Å². The number of benzene rings is 3. The predicted octanol–water partition coefficient (Wildman–Crippen LogP) is 6.33. The average molecular weight is 520 g/mol. The molecule has 6 heteroatoms. The minimum Gasteiger partial charge on any atom is -0.444 e. The fourth-order valence-electron chi connectivity index (χ4n) is 5.53. The van der Waals surface area contributed by atoms with Gasteiger partial charge >= 0.3 is 6.09 Å².